The van der Waals surface area contributed by atoms with Gasteiger partial charge in [0.15, 0.2) is 17.2 Å². The van der Waals surface area contributed by atoms with Gasteiger partial charge in [-0.3, -0.25) is 4.40 Å². The third kappa shape index (κ3) is 3.89. The number of nitrogens with zero attached hydrogens (tertiary/aromatic N) is 3. The van der Waals surface area contributed by atoms with Gasteiger partial charge in [-0.25, -0.2) is 14.2 Å². The summed E-state index contributed by atoms with van der Waals surface area (Å²) in [7, 11) is 0. The van der Waals surface area contributed by atoms with Crippen LogP contribution < -0.4 is 14.4 Å². The van der Waals surface area contributed by atoms with E-state index in [2.05, 4.69) is 9.88 Å². The molecule has 1 unspecified atom stereocenters. The van der Waals surface area contributed by atoms with E-state index in [4.69, 9.17) is 9.47 Å². The standard InChI is InChI=1S/C21H20FN3O4.C2H6/c22-13-9-15(20-18(10-13)28-7-8-29-20)16-3-1-2-6-24(16)14-4-5-19-23-11-17(21(26)27)25(19)12-14;1-2/h4-5,9-12,16H,1-3,6-8H2,(H,26,27);1-2H3. The molecule has 1 fully saturated rings. The maximum atomic E-state index is 14.3. The number of carbonyl (C=O) groups is 1. The lowest BCUT2D eigenvalue weighted by Gasteiger charge is -2.39. The van der Waals surface area contributed by atoms with E-state index >= 15 is 0 Å². The Morgan fingerprint density at radius 1 is 1.19 bits per heavy atom. The number of imidazole rings is 1. The summed E-state index contributed by atoms with van der Waals surface area (Å²) in [5.41, 5.74) is 2.30. The molecule has 0 bridgehead atoms. The number of hydrogen-bond acceptors (Lipinski definition) is 5. The van der Waals surface area contributed by atoms with Gasteiger partial charge >= 0.3 is 5.97 Å². The molecule has 1 atom stereocenters. The Morgan fingerprint density at radius 3 is 2.81 bits per heavy atom. The van der Waals surface area contributed by atoms with Crippen molar-refractivity contribution in [1.29, 1.82) is 0 Å². The minimum absolute atomic E-state index is 0.0934. The number of halogens is 1. The molecule has 1 N–H and O–H groups in total. The number of pyridine rings is 1. The van der Waals surface area contributed by atoms with Crippen molar-refractivity contribution in [3.05, 3.63) is 53.7 Å². The lowest BCUT2D eigenvalue weighted by molar-refractivity contribution is 0.0689. The summed E-state index contributed by atoms with van der Waals surface area (Å²) in [6.07, 6.45) is 5.99. The van der Waals surface area contributed by atoms with Crippen LogP contribution in [0.1, 0.15) is 55.2 Å². The minimum atomic E-state index is -1.03. The Labute approximate surface area is 180 Å². The van der Waals surface area contributed by atoms with E-state index in [9.17, 15) is 14.3 Å². The number of fused-ring (bicyclic) bond motifs is 2. The highest BCUT2D eigenvalue weighted by molar-refractivity contribution is 5.86. The molecule has 0 spiro atoms. The lowest BCUT2D eigenvalue weighted by Crippen LogP contribution is -2.34. The second kappa shape index (κ2) is 8.83. The van der Waals surface area contributed by atoms with Crippen molar-refractivity contribution >= 4 is 17.3 Å². The van der Waals surface area contributed by atoms with Crippen LogP contribution in [0.5, 0.6) is 11.5 Å². The lowest BCUT2D eigenvalue weighted by atomic mass is 9.93. The molecule has 2 aromatic heterocycles. The van der Waals surface area contributed by atoms with Crippen molar-refractivity contribution in [3.63, 3.8) is 0 Å². The van der Waals surface area contributed by atoms with Crippen LogP contribution in [0.15, 0.2) is 36.7 Å². The maximum Gasteiger partial charge on any atom is 0.354 e. The molecule has 8 heteroatoms. The summed E-state index contributed by atoms with van der Waals surface area (Å²) >= 11 is 0. The van der Waals surface area contributed by atoms with Gasteiger partial charge in [0.2, 0.25) is 0 Å². The molecule has 2 aliphatic rings. The smallest absolute Gasteiger partial charge is 0.354 e. The topological polar surface area (TPSA) is 76.3 Å². The third-order valence-corrected chi connectivity index (χ3v) is 5.54. The number of ether oxygens (including phenoxy) is 2. The third-order valence-electron chi connectivity index (χ3n) is 5.54. The number of aromatic carboxylic acids is 1. The predicted molar refractivity (Wildman–Crippen MR) is 115 cm³/mol. The Morgan fingerprint density at radius 2 is 2.00 bits per heavy atom. The van der Waals surface area contributed by atoms with Gasteiger partial charge in [0, 0.05) is 24.4 Å². The second-order valence-corrected chi connectivity index (χ2v) is 7.29. The van der Waals surface area contributed by atoms with Crippen LogP contribution >= 0.6 is 0 Å². The van der Waals surface area contributed by atoms with Crippen LogP contribution in [0.3, 0.4) is 0 Å². The molecule has 1 aromatic carbocycles. The molecular weight excluding hydrogens is 401 g/mol. The van der Waals surface area contributed by atoms with Crippen molar-refractivity contribution in [2.45, 2.75) is 39.2 Å². The summed E-state index contributed by atoms with van der Waals surface area (Å²) < 4.78 is 27.3. The molecule has 0 radical (unpaired) electrons. The zero-order valence-corrected chi connectivity index (χ0v) is 17.7. The molecule has 164 valence electrons. The van der Waals surface area contributed by atoms with Gasteiger partial charge in [0.1, 0.15) is 24.7 Å². The second-order valence-electron chi connectivity index (χ2n) is 7.29. The summed E-state index contributed by atoms with van der Waals surface area (Å²) in [6.45, 7) is 5.61. The first-order valence-corrected chi connectivity index (χ1v) is 10.7. The fourth-order valence-corrected chi connectivity index (χ4v) is 4.25. The van der Waals surface area contributed by atoms with E-state index in [1.807, 2.05) is 19.9 Å². The molecule has 0 aliphatic carbocycles. The molecule has 0 amide bonds. The van der Waals surface area contributed by atoms with E-state index in [-0.39, 0.29) is 17.6 Å². The fourth-order valence-electron chi connectivity index (χ4n) is 4.25. The fraction of sp³-hybridized carbons (Fsp3) is 0.391. The van der Waals surface area contributed by atoms with Gasteiger partial charge in [-0.2, -0.15) is 0 Å². The van der Waals surface area contributed by atoms with Crippen molar-refractivity contribution < 1.29 is 23.8 Å². The first kappa shape index (κ1) is 21.0. The number of benzene rings is 1. The van der Waals surface area contributed by atoms with E-state index < -0.39 is 5.97 Å². The van der Waals surface area contributed by atoms with Crippen LogP contribution in [0.4, 0.5) is 10.1 Å². The summed E-state index contributed by atoms with van der Waals surface area (Å²) in [4.78, 5) is 17.8. The van der Waals surface area contributed by atoms with Crippen molar-refractivity contribution in [3.8, 4) is 11.5 Å². The Kier molecular flexibility index (Phi) is 5.97. The van der Waals surface area contributed by atoms with Crippen molar-refractivity contribution in [1.82, 2.24) is 9.38 Å². The van der Waals surface area contributed by atoms with Gasteiger partial charge in [-0.1, -0.05) is 13.8 Å². The zero-order valence-electron chi connectivity index (χ0n) is 17.7. The SMILES string of the molecule is CC.O=C(O)c1cnc2ccc(N3CCCCC3c3cc(F)cc4c3OCCO4)cn12. The van der Waals surface area contributed by atoms with E-state index in [1.165, 1.54) is 18.3 Å². The average molecular weight is 427 g/mol. The quantitative estimate of drug-likeness (QED) is 0.653. The number of carboxylic acid groups (broad SMARTS) is 1. The predicted octanol–water partition coefficient (Wildman–Crippen LogP) is 4.70. The van der Waals surface area contributed by atoms with Crippen molar-refractivity contribution in [2.75, 3.05) is 24.7 Å². The highest BCUT2D eigenvalue weighted by Gasteiger charge is 2.30. The molecule has 4 heterocycles. The zero-order chi connectivity index (χ0) is 22.0. The Balaban J connectivity index is 0.00000112. The first-order chi connectivity index (χ1) is 15.1. The number of hydrogen-bond donors (Lipinski definition) is 1. The Bertz CT molecular complexity index is 1100. The van der Waals surface area contributed by atoms with Crippen LogP contribution in [-0.2, 0) is 0 Å². The van der Waals surface area contributed by atoms with Crippen LogP contribution in [0.25, 0.3) is 5.65 Å². The maximum absolute atomic E-state index is 14.3. The number of piperidine rings is 1. The summed E-state index contributed by atoms with van der Waals surface area (Å²) in [5, 5.41) is 9.42. The van der Waals surface area contributed by atoms with Crippen LogP contribution in [0, 0.1) is 5.82 Å². The molecule has 3 aromatic rings. The molecule has 5 rings (SSSR count). The van der Waals surface area contributed by atoms with Crippen LogP contribution in [-0.4, -0.2) is 40.2 Å². The molecular formula is C23H26FN3O4. The van der Waals surface area contributed by atoms with Gasteiger partial charge < -0.3 is 19.5 Å². The van der Waals surface area contributed by atoms with E-state index in [1.54, 1.807) is 16.7 Å². The number of rotatable bonds is 3. The number of anilines is 1. The molecule has 7 nitrogen and oxygen atoms in total. The minimum Gasteiger partial charge on any atom is -0.486 e. The normalized spacial score (nSPS) is 17.8. The largest absolute Gasteiger partial charge is 0.486 e. The number of aromatic nitrogens is 2. The molecule has 0 saturated carbocycles. The van der Waals surface area contributed by atoms with Gasteiger partial charge in [-0.05, 0) is 37.5 Å². The summed E-state index contributed by atoms with van der Waals surface area (Å²) in [6, 6.07) is 6.52. The molecule has 2 aliphatic heterocycles. The number of carboxylic acids is 1. The molecule has 1 saturated heterocycles. The van der Waals surface area contributed by atoms with E-state index in [0.717, 1.165) is 37.1 Å². The Hall–Kier alpha value is -3.29. The van der Waals surface area contributed by atoms with Gasteiger partial charge in [0.05, 0.1) is 17.9 Å². The first-order valence-electron chi connectivity index (χ1n) is 10.7. The van der Waals surface area contributed by atoms with Gasteiger partial charge in [-0.15, -0.1) is 0 Å². The highest BCUT2D eigenvalue weighted by Crippen LogP contribution is 2.44. The monoisotopic (exact) mass is 427 g/mol. The van der Waals surface area contributed by atoms with Crippen LogP contribution in [0.2, 0.25) is 0 Å². The average Bonchev–Trinajstić information content (AvgIpc) is 3.23. The molecule has 31 heavy (non-hydrogen) atoms. The van der Waals surface area contributed by atoms with Crippen molar-refractivity contribution in [2.24, 2.45) is 0 Å². The summed E-state index contributed by atoms with van der Waals surface area (Å²) in [5.74, 6) is -0.345. The highest BCUT2D eigenvalue weighted by atomic mass is 19.1. The van der Waals surface area contributed by atoms with Gasteiger partial charge in [0.25, 0.3) is 0 Å². The van der Waals surface area contributed by atoms with E-state index in [0.29, 0.717) is 30.4 Å².